The molecule has 0 aliphatic carbocycles. The Kier molecular flexibility index (Phi) is 2.94. The van der Waals surface area contributed by atoms with E-state index in [1.165, 1.54) is 9.08 Å². The van der Waals surface area contributed by atoms with Crippen LogP contribution in [0.25, 0.3) is 5.52 Å². The van der Waals surface area contributed by atoms with Gasteiger partial charge >= 0.3 is 0 Å². The predicted octanol–water partition coefficient (Wildman–Crippen LogP) is 0.410. The molecule has 0 N–H and O–H groups in total. The summed E-state index contributed by atoms with van der Waals surface area (Å²) in [6.45, 7) is 3.04. The summed E-state index contributed by atoms with van der Waals surface area (Å²) in [6, 6.07) is 1.72. The number of Topliss-reactive ketones (excluding diaryl/α,β-unsaturated/α-hetero) is 1. The average Bonchev–Trinajstić information content (AvgIpc) is 3.01. The molecule has 0 aromatic carbocycles. The van der Waals surface area contributed by atoms with Crippen molar-refractivity contribution in [3.63, 3.8) is 0 Å². The molecule has 1 aliphatic heterocycles. The Hall–Kier alpha value is -1.95. The molecule has 1 aliphatic rings. The quantitative estimate of drug-likeness (QED) is 0.802. The van der Waals surface area contributed by atoms with E-state index in [0.717, 1.165) is 12.1 Å². The molecule has 0 radical (unpaired) electrons. The predicted molar refractivity (Wildman–Crippen MR) is 68.1 cm³/mol. The highest BCUT2D eigenvalue weighted by Gasteiger charge is 2.23. The molecule has 19 heavy (non-hydrogen) atoms. The van der Waals surface area contributed by atoms with Gasteiger partial charge in [0, 0.05) is 24.9 Å². The van der Waals surface area contributed by atoms with E-state index in [-0.39, 0.29) is 23.8 Å². The van der Waals surface area contributed by atoms with Gasteiger partial charge in [0.1, 0.15) is 5.52 Å². The number of nitrogens with zero attached hydrogens (tertiary/aromatic N) is 3. The van der Waals surface area contributed by atoms with E-state index in [0.29, 0.717) is 18.7 Å². The van der Waals surface area contributed by atoms with Gasteiger partial charge in [-0.1, -0.05) is 0 Å². The maximum absolute atomic E-state index is 12.2. The van der Waals surface area contributed by atoms with Crippen LogP contribution in [0.3, 0.4) is 0 Å². The number of hydrogen-bond acceptors (Lipinski definition) is 4. The lowest BCUT2D eigenvalue weighted by Gasteiger charge is -2.08. The third-order valence-electron chi connectivity index (χ3n) is 3.44. The lowest BCUT2D eigenvalue weighted by Crippen LogP contribution is -2.28. The summed E-state index contributed by atoms with van der Waals surface area (Å²) in [5.74, 6) is -0.0186. The number of carbonyl (C=O) groups is 1. The Morgan fingerprint density at radius 2 is 2.37 bits per heavy atom. The fourth-order valence-corrected chi connectivity index (χ4v) is 2.36. The zero-order valence-electron chi connectivity index (χ0n) is 10.7. The highest BCUT2D eigenvalue weighted by Crippen LogP contribution is 2.14. The Bertz CT molecular complexity index is 680. The number of rotatable bonds is 3. The molecule has 0 spiro atoms. The molecule has 0 amide bonds. The zero-order chi connectivity index (χ0) is 13.4. The van der Waals surface area contributed by atoms with Crippen LogP contribution < -0.4 is 5.56 Å². The highest BCUT2D eigenvalue weighted by molar-refractivity contribution is 5.81. The molecule has 100 valence electrons. The number of fused-ring (bicyclic) bond motifs is 1. The lowest BCUT2D eigenvalue weighted by molar-refractivity contribution is -0.123. The normalized spacial score (nSPS) is 19.1. The first-order valence-corrected chi connectivity index (χ1v) is 6.31. The molecule has 3 rings (SSSR count). The Balaban J connectivity index is 1.90. The molecular formula is C13H15N3O3. The fraction of sp³-hybridized carbons (Fsp3) is 0.462. The van der Waals surface area contributed by atoms with Crippen molar-refractivity contribution in [2.24, 2.45) is 5.92 Å². The van der Waals surface area contributed by atoms with Crippen molar-refractivity contribution in [2.75, 3.05) is 13.2 Å². The zero-order valence-corrected chi connectivity index (χ0v) is 10.7. The van der Waals surface area contributed by atoms with Crippen LogP contribution in [-0.4, -0.2) is 33.2 Å². The van der Waals surface area contributed by atoms with Gasteiger partial charge in [-0.3, -0.25) is 9.59 Å². The minimum atomic E-state index is -0.185. The van der Waals surface area contributed by atoms with E-state index in [4.69, 9.17) is 4.74 Å². The van der Waals surface area contributed by atoms with Crippen LogP contribution in [0.1, 0.15) is 12.1 Å². The summed E-state index contributed by atoms with van der Waals surface area (Å²) in [7, 11) is 0. The summed E-state index contributed by atoms with van der Waals surface area (Å²) in [5.41, 5.74) is 1.09. The van der Waals surface area contributed by atoms with Gasteiger partial charge in [0.15, 0.2) is 5.78 Å². The molecule has 1 fully saturated rings. The molecule has 2 aromatic heterocycles. The molecular weight excluding hydrogens is 246 g/mol. The van der Waals surface area contributed by atoms with Gasteiger partial charge in [0.25, 0.3) is 5.56 Å². The number of aryl methyl sites for hydroxylation is 1. The van der Waals surface area contributed by atoms with Gasteiger partial charge in [0.2, 0.25) is 0 Å². The Labute approximate surface area is 109 Å². The second kappa shape index (κ2) is 4.62. The van der Waals surface area contributed by atoms with E-state index in [1.54, 1.807) is 18.5 Å². The first-order chi connectivity index (χ1) is 9.15. The van der Waals surface area contributed by atoms with Crippen molar-refractivity contribution in [2.45, 2.75) is 19.9 Å². The molecule has 6 nitrogen and oxygen atoms in total. The van der Waals surface area contributed by atoms with Crippen molar-refractivity contribution < 1.29 is 9.53 Å². The van der Waals surface area contributed by atoms with E-state index in [2.05, 4.69) is 5.10 Å². The average molecular weight is 261 g/mol. The molecule has 0 bridgehead atoms. The topological polar surface area (TPSA) is 65.6 Å². The van der Waals surface area contributed by atoms with Crippen LogP contribution in [0.4, 0.5) is 0 Å². The summed E-state index contributed by atoms with van der Waals surface area (Å²) >= 11 is 0. The number of aromatic nitrogens is 3. The van der Waals surface area contributed by atoms with Crippen molar-refractivity contribution in [1.82, 2.24) is 14.2 Å². The van der Waals surface area contributed by atoms with Crippen molar-refractivity contribution in [3.05, 3.63) is 34.5 Å². The van der Waals surface area contributed by atoms with Crippen LogP contribution >= 0.6 is 0 Å². The van der Waals surface area contributed by atoms with E-state index in [9.17, 15) is 9.59 Å². The van der Waals surface area contributed by atoms with Gasteiger partial charge < -0.3 is 9.30 Å². The first kappa shape index (κ1) is 12.1. The number of ketones is 1. The first-order valence-electron chi connectivity index (χ1n) is 6.31. The minimum absolute atomic E-state index is 0.0557. The van der Waals surface area contributed by atoms with E-state index < -0.39 is 0 Å². The van der Waals surface area contributed by atoms with Crippen LogP contribution in [0.15, 0.2) is 23.3 Å². The third kappa shape index (κ3) is 2.19. The molecule has 2 aromatic rings. The summed E-state index contributed by atoms with van der Waals surface area (Å²) in [6.07, 6.45) is 4.05. The molecule has 0 saturated carbocycles. The summed E-state index contributed by atoms with van der Waals surface area (Å²) in [4.78, 5) is 24.3. The highest BCUT2D eigenvalue weighted by atomic mass is 16.5. The minimum Gasteiger partial charge on any atom is -0.381 e. The van der Waals surface area contributed by atoms with Gasteiger partial charge in [-0.15, -0.1) is 0 Å². The smallest absolute Gasteiger partial charge is 0.276 e. The molecule has 6 heteroatoms. The maximum Gasteiger partial charge on any atom is 0.276 e. The van der Waals surface area contributed by atoms with Crippen molar-refractivity contribution in [1.29, 1.82) is 0 Å². The summed E-state index contributed by atoms with van der Waals surface area (Å²) in [5, 5.41) is 4.17. The second-order valence-electron chi connectivity index (χ2n) is 4.87. The maximum atomic E-state index is 12.2. The summed E-state index contributed by atoms with van der Waals surface area (Å²) < 4.78 is 8.18. The number of carbonyl (C=O) groups excluding carboxylic acids is 1. The van der Waals surface area contributed by atoms with Crippen LogP contribution in [0, 0.1) is 12.8 Å². The van der Waals surface area contributed by atoms with Gasteiger partial charge in [-0.2, -0.15) is 5.10 Å². The van der Waals surface area contributed by atoms with Crippen LogP contribution in [0.5, 0.6) is 0 Å². The van der Waals surface area contributed by atoms with Crippen molar-refractivity contribution in [3.8, 4) is 0 Å². The molecule has 3 heterocycles. The molecule has 1 atom stereocenters. The van der Waals surface area contributed by atoms with Crippen molar-refractivity contribution >= 4 is 11.3 Å². The second-order valence-corrected chi connectivity index (χ2v) is 4.87. The van der Waals surface area contributed by atoms with Gasteiger partial charge in [0.05, 0.1) is 18.8 Å². The molecule has 1 unspecified atom stereocenters. The van der Waals surface area contributed by atoms with E-state index in [1.807, 2.05) is 6.92 Å². The number of ether oxygens (including phenoxy) is 1. The van der Waals surface area contributed by atoms with Crippen LogP contribution in [-0.2, 0) is 16.1 Å². The third-order valence-corrected chi connectivity index (χ3v) is 3.44. The van der Waals surface area contributed by atoms with Crippen LogP contribution in [0.2, 0.25) is 0 Å². The Morgan fingerprint density at radius 3 is 3.11 bits per heavy atom. The number of hydrogen-bond donors (Lipinski definition) is 0. The largest absolute Gasteiger partial charge is 0.381 e. The SMILES string of the molecule is Cc1cc2c(=O)n(CC(=O)C3CCOC3)ccn2n1. The van der Waals surface area contributed by atoms with E-state index >= 15 is 0 Å². The van der Waals surface area contributed by atoms with Gasteiger partial charge in [-0.05, 0) is 19.4 Å². The molecule has 1 saturated heterocycles. The fourth-order valence-electron chi connectivity index (χ4n) is 2.36. The lowest BCUT2D eigenvalue weighted by atomic mass is 10.0. The monoisotopic (exact) mass is 261 g/mol. The van der Waals surface area contributed by atoms with Gasteiger partial charge in [-0.25, -0.2) is 4.52 Å². The Morgan fingerprint density at radius 1 is 1.53 bits per heavy atom. The standard InChI is InChI=1S/C13H15N3O3/c1-9-6-11-13(18)15(3-4-16(11)14-9)7-12(17)10-2-5-19-8-10/h3-4,6,10H,2,5,7-8H2,1H3.